The monoisotopic (exact) mass is 469 g/mol. The molecule has 3 atom stereocenters. The minimum absolute atomic E-state index is 0.0295. The number of hydrogen-bond acceptors (Lipinski definition) is 6. The first-order chi connectivity index (χ1) is 16.3. The summed E-state index contributed by atoms with van der Waals surface area (Å²) in [7, 11) is 0. The Hall–Kier alpha value is -3.36. The van der Waals surface area contributed by atoms with E-state index in [-0.39, 0.29) is 48.0 Å². The topological polar surface area (TPSA) is 90.0 Å². The summed E-state index contributed by atoms with van der Waals surface area (Å²) < 4.78 is 33.0. The van der Waals surface area contributed by atoms with Gasteiger partial charge in [0.2, 0.25) is 11.8 Å². The van der Waals surface area contributed by atoms with Crippen LogP contribution in [-0.2, 0) is 11.2 Å². The number of halogens is 1. The maximum Gasteiger partial charge on any atom is 0.262 e. The van der Waals surface area contributed by atoms with Crippen molar-refractivity contribution in [2.45, 2.75) is 64.7 Å². The molecule has 34 heavy (non-hydrogen) atoms. The fraction of sp³-hybridized carbons (Fsp3) is 0.480. The van der Waals surface area contributed by atoms with Crippen LogP contribution in [0.1, 0.15) is 54.6 Å². The zero-order valence-corrected chi connectivity index (χ0v) is 19.5. The van der Waals surface area contributed by atoms with Gasteiger partial charge < -0.3 is 24.4 Å². The van der Waals surface area contributed by atoms with Crippen LogP contribution in [0.2, 0.25) is 0 Å². The van der Waals surface area contributed by atoms with E-state index in [1.165, 1.54) is 0 Å². The third-order valence-corrected chi connectivity index (χ3v) is 6.69. The molecule has 9 heteroatoms. The lowest BCUT2D eigenvalue weighted by molar-refractivity contribution is -0.116. The van der Waals surface area contributed by atoms with E-state index < -0.39 is 5.82 Å². The number of carbonyl (C=O) groups is 2. The van der Waals surface area contributed by atoms with Gasteiger partial charge >= 0.3 is 0 Å². The summed E-state index contributed by atoms with van der Waals surface area (Å²) in [4.78, 5) is 31.3. The number of ether oxygens (including phenoxy) is 3. The lowest BCUT2D eigenvalue weighted by Gasteiger charge is -2.22. The smallest absolute Gasteiger partial charge is 0.262 e. The Kier molecular flexibility index (Phi) is 5.79. The van der Waals surface area contributed by atoms with E-state index in [1.807, 2.05) is 13.8 Å². The van der Waals surface area contributed by atoms with Crippen LogP contribution in [0.4, 0.5) is 10.1 Å². The van der Waals surface area contributed by atoms with Crippen LogP contribution >= 0.6 is 0 Å². The van der Waals surface area contributed by atoms with Gasteiger partial charge in [0, 0.05) is 25.1 Å². The largest absolute Gasteiger partial charge is 0.490 e. The summed E-state index contributed by atoms with van der Waals surface area (Å²) in [6.45, 7) is 6.01. The Morgan fingerprint density at radius 1 is 1.32 bits per heavy atom. The van der Waals surface area contributed by atoms with Crippen molar-refractivity contribution in [2.24, 2.45) is 0 Å². The molecule has 0 saturated carbocycles. The Labute approximate surface area is 197 Å². The van der Waals surface area contributed by atoms with Crippen LogP contribution in [0, 0.1) is 12.7 Å². The molecule has 5 rings (SSSR count). The molecule has 2 aromatic rings. The second kappa shape index (κ2) is 8.77. The maximum absolute atomic E-state index is 15.1. The molecule has 1 N–H and O–H groups in total. The zero-order valence-electron chi connectivity index (χ0n) is 19.5. The van der Waals surface area contributed by atoms with Gasteiger partial charge in [0.15, 0.2) is 11.6 Å². The number of fused-ring (bicyclic) bond motifs is 3. The van der Waals surface area contributed by atoms with Crippen LogP contribution in [0.3, 0.4) is 0 Å². The van der Waals surface area contributed by atoms with Crippen LogP contribution in [0.25, 0.3) is 0 Å². The molecular weight excluding hydrogens is 441 g/mol. The summed E-state index contributed by atoms with van der Waals surface area (Å²) in [5, 5.41) is 2.84. The van der Waals surface area contributed by atoms with Crippen LogP contribution in [0.15, 0.2) is 18.3 Å². The van der Waals surface area contributed by atoms with Crippen molar-refractivity contribution < 1.29 is 28.2 Å². The first-order valence-corrected chi connectivity index (χ1v) is 11.7. The molecule has 0 aliphatic carbocycles. The number of nitrogens with zero attached hydrogens (tertiary/aromatic N) is 2. The summed E-state index contributed by atoms with van der Waals surface area (Å²) in [5.74, 6) is -0.209. The Balaban J connectivity index is 1.38. The highest BCUT2D eigenvalue weighted by Gasteiger charge is 2.42. The molecule has 1 saturated heterocycles. The normalized spacial score (nSPS) is 22.1. The molecule has 0 unspecified atom stereocenters. The number of pyridine rings is 1. The van der Waals surface area contributed by atoms with Crippen LogP contribution in [-0.4, -0.2) is 53.1 Å². The first-order valence-electron chi connectivity index (χ1n) is 11.7. The fourth-order valence-corrected chi connectivity index (χ4v) is 4.62. The number of carbonyl (C=O) groups excluding carboxylic acids is 2. The molecule has 1 aromatic carbocycles. The first kappa shape index (κ1) is 22.4. The van der Waals surface area contributed by atoms with Crippen molar-refractivity contribution in [2.75, 3.05) is 18.5 Å². The number of hydrogen-bond donors (Lipinski definition) is 1. The highest BCUT2D eigenvalue weighted by molar-refractivity contribution is 6.00. The number of benzene rings is 1. The van der Waals surface area contributed by atoms with Gasteiger partial charge in [0.05, 0.1) is 24.4 Å². The highest BCUT2D eigenvalue weighted by atomic mass is 19.1. The van der Waals surface area contributed by atoms with Gasteiger partial charge in [0.1, 0.15) is 24.0 Å². The molecule has 8 nitrogen and oxygen atoms in total. The van der Waals surface area contributed by atoms with Gasteiger partial charge in [-0.15, -0.1) is 0 Å². The molecule has 0 bridgehead atoms. The van der Waals surface area contributed by atoms with Gasteiger partial charge in [0.25, 0.3) is 5.91 Å². The van der Waals surface area contributed by atoms with Crippen molar-refractivity contribution in [1.29, 1.82) is 0 Å². The Morgan fingerprint density at radius 3 is 2.94 bits per heavy atom. The Bertz CT molecular complexity index is 1150. The van der Waals surface area contributed by atoms with Gasteiger partial charge in [-0.25, -0.2) is 9.37 Å². The molecule has 2 amide bonds. The number of anilines is 1. The fourth-order valence-electron chi connectivity index (χ4n) is 4.62. The second-order valence-electron chi connectivity index (χ2n) is 9.17. The van der Waals surface area contributed by atoms with E-state index in [0.29, 0.717) is 55.1 Å². The lowest BCUT2D eigenvalue weighted by Crippen LogP contribution is -2.37. The van der Waals surface area contributed by atoms with E-state index >= 15 is 4.39 Å². The Morgan fingerprint density at radius 2 is 2.15 bits per heavy atom. The molecule has 0 radical (unpaired) electrons. The van der Waals surface area contributed by atoms with Gasteiger partial charge in [-0.05, 0) is 43.9 Å². The van der Waals surface area contributed by atoms with Crippen molar-refractivity contribution in [3.05, 3.63) is 40.8 Å². The molecule has 0 spiro atoms. The minimum Gasteiger partial charge on any atom is -0.490 e. The van der Waals surface area contributed by atoms with Gasteiger partial charge in [-0.2, -0.15) is 0 Å². The average Bonchev–Trinajstić information content (AvgIpc) is 3.17. The van der Waals surface area contributed by atoms with E-state index in [0.717, 1.165) is 5.56 Å². The van der Waals surface area contributed by atoms with Crippen molar-refractivity contribution >= 4 is 17.5 Å². The second-order valence-corrected chi connectivity index (χ2v) is 9.17. The molecule has 4 heterocycles. The summed E-state index contributed by atoms with van der Waals surface area (Å²) in [6.07, 6.45) is 3.47. The molecule has 3 aliphatic rings. The van der Waals surface area contributed by atoms with E-state index in [1.54, 1.807) is 30.2 Å². The maximum atomic E-state index is 15.1. The third-order valence-electron chi connectivity index (χ3n) is 6.69. The summed E-state index contributed by atoms with van der Waals surface area (Å²) in [5.41, 5.74) is 2.18. The van der Waals surface area contributed by atoms with Crippen molar-refractivity contribution in [1.82, 2.24) is 9.88 Å². The summed E-state index contributed by atoms with van der Waals surface area (Å²) >= 11 is 0. The standard InChI is InChI=1S/C25H28FN3O5/c1-4-14(3)33-24-22-19(7-13(2)23(24)26)32-12-16-8-17(11-29(16)25(22)31)34-21-9-18-15(10-27-21)5-6-20(30)28-18/h7,9-10,14,16-17H,4-6,8,11-12H2,1-3H3,(H,28,30)/t14-,16-,17+/m1/s1. The number of rotatable bonds is 5. The lowest BCUT2D eigenvalue weighted by atomic mass is 10.1. The van der Waals surface area contributed by atoms with E-state index in [4.69, 9.17) is 14.2 Å². The van der Waals surface area contributed by atoms with Crippen LogP contribution < -0.4 is 19.5 Å². The summed E-state index contributed by atoms with van der Waals surface area (Å²) in [6, 6.07) is 3.06. The van der Waals surface area contributed by atoms with Gasteiger partial charge in [-0.1, -0.05) is 6.92 Å². The van der Waals surface area contributed by atoms with E-state index in [9.17, 15) is 9.59 Å². The van der Waals surface area contributed by atoms with Gasteiger partial charge in [-0.3, -0.25) is 9.59 Å². The number of aromatic nitrogens is 1. The van der Waals surface area contributed by atoms with Crippen molar-refractivity contribution in [3.63, 3.8) is 0 Å². The zero-order chi connectivity index (χ0) is 24.0. The molecule has 3 aliphatic heterocycles. The predicted molar refractivity (Wildman–Crippen MR) is 122 cm³/mol. The average molecular weight is 470 g/mol. The minimum atomic E-state index is -0.540. The number of nitrogens with one attached hydrogen (secondary N) is 1. The third kappa shape index (κ3) is 4.03. The quantitative estimate of drug-likeness (QED) is 0.719. The molecule has 180 valence electrons. The molecule has 1 fully saturated rings. The van der Waals surface area contributed by atoms with Crippen molar-refractivity contribution in [3.8, 4) is 17.4 Å². The highest BCUT2D eigenvalue weighted by Crippen LogP contribution is 2.40. The molecule has 1 aromatic heterocycles. The predicted octanol–water partition coefficient (Wildman–Crippen LogP) is 3.65. The van der Waals surface area contributed by atoms with Crippen LogP contribution in [0.5, 0.6) is 17.4 Å². The molecular formula is C25H28FN3O5. The SMILES string of the molecule is CC[C@@H](C)Oc1c(F)c(C)cc2c1C(=O)N1C[C@@H](Oc3cc4c(cn3)CCC(=O)N4)C[C@@H]1CO2. The number of amides is 2. The van der Waals surface area contributed by atoms with E-state index in [2.05, 4.69) is 10.3 Å². The number of aryl methyl sites for hydroxylation is 2.